The van der Waals surface area contributed by atoms with Gasteiger partial charge in [-0.05, 0) is 42.6 Å². The second kappa shape index (κ2) is 8.97. The molecular formula is C18H25FN4O2S2. The molecule has 1 aromatic carbocycles. The number of hydrogen-bond donors (Lipinski definition) is 1. The average molecular weight is 413 g/mol. The molecule has 27 heavy (non-hydrogen) atoms. The van der Waals surface area contributed by atoms with Crippen LogP contribution >= 0.6 is 24.0 Å². The number of ether oxygens (including phenoxy) is 1. The number of carbonyl (C=O) groups excluding carboxylic acids is 1. The van der Waals surface area contributed by atoms with E-state index in [2.05, 4.69) is 10.2 Å². The van der Waals surface area contributed by atoms with E-state index in [1.165, 1.54) is 11.0 Å². The summed E-state index contributed by atoms with van der Waals surface area (Å²) in [5.74, 6) is 1.81. The maximum Gasteiger partial charge on any atom is 0.414 e. The number of thioether (sulfide) groups is 1. The number of hydrogen-bond acceptors (Lipinski definition) is 5. The number of rotatable bonds is 4. The van der Waals surface area contributed by atoms with Crippen molar-refractivity contribution in [2.45, 2.75) is 12.5 Å². The molecule has 0 aromatic heterocycles. The van der Waals surface area contributed by atoms with Gasteiger partial charge >= 0.3 is 6.09 Å². The van der Waals surface area contributed by atoms with E-state index >= 15 is 0 Å². The van der Waals surface area contributed by atoms with Gasteiger partial charge in [0, 0.05) is 32.9 Å². The van der Waals surface area contributed by atoms with E-state index in [1.54, 1.807) is 17.0 Å². The molecule has 0 saturated carbocycles. The Morgan fingerprint density at radius 3 is 2.96 bits per heavy atom. The van der Waals surface area contributed by atoms with Crippen molar-refractivity contribution in [2.75, 3.05) is 61.6 Å². The zero-order valence-corrected chi connectivity index (χ0v) is 17.2. The van der Waals surface area contributed by atoms with E-state index in [9.17, 15) is 9.18 Å². The van der Waals surface area contributed by atoms with Gasteiger partial charge in [-0.3, -0.25) is 4.90 Å². The molecule has 1 N–H and O–H groups in total. The number of benzene rings is 1. The molecule has 3 rings (SSSR count). The maximum atomic E-state index is 14.7. The standard InChI is InChI=1S/C18H25FN4O2S2/c1-21(2)17(26)20-11-14-12-23(18(24)25-14)13-4-5-16(15(19)10-13)22-6-3-8-27-9-7-22/h4-5,10,14H,3,6-9,11-12H2,1-2H3,(H,20,26). The predicted molar refractivity (Wildman–Crippen MR) is 112 cm³/mol. The minimum atomic E-state index is -0.462. The van der Waals surface area contributed by atoms with Crippen molar-refractivity contribution in [1.29, 1.82) is 0 Å². The first-order chi connectivity index (χ1) is 13.0. The SMILES string of the molecule is CN(C)C(=S)NCC1CN(c2ccc(N3CCCSCC3)c(F)c2)C(=O)O1. The van der Waals surface area contributed by atoms with Crippen molar-refractivity contribution in [3.8, 4) is 0 Å². The Morgan fingerprint density at radius 1 is 1.41 bits per heavy atom. The van der Waals surface area contributed by atoms with Gasteiger partial charge in [-0.25, -0.2) is 9.18 Å². The molecule has 0 radical (unpaired) electrons. The van der Waals surface area contributed by atoms with Crippen LogP contribution in [0, 0.1) is 5.82 Å². The summed E-state index contributed by atoms with van der Waals surface area (Å²) in [5, 5.41) is 3.64. The molecule has 2 heterocycles. The monoisotopic (exact) mass is 412 g/mol. The number of anilines is 2. The first-order valence-electron chi connectivity index (χ1n) is 9.01. The van der Waals surface area contributed by atoms with E-state index in [1.807, 2.05) is 25.9 Å². The molecule has 0 spiro atoms. The van der Waals surface area contributed by atoms with Gasteiger partial charge in [-0.15, -0.1) is 0 Å². The van der Waals surface area contributed by atoms with Crippen LogP contribution in [0.4, 0.5) is 20.6 Å². The van der Waals surface area contributed by atoms with E-state index in [-0.39, 0.29) is 11.9 Å². The molecular weight excluding hydrogens is 387 g/mol. The summed E-state index contributed by atoms with van der Waals surface area (Å²) in [6.45, 7) is 2.48. The lowest BCUT2D eigenvalue weighted by atomic mass is 10.2. The second-order valence-electron chi connectivity index (χ2n) is 6.79. The third-order valence-corrected chi connectivity index (χ3v) is 6.13. The maximum absolute atomic E-state index is 14.7. The fraction of sp³-hybridized carbons (Fsp3) is 0.556. The highest BCUT2D eigenvalue weighted by molar-refractivity contribution is 7.99. The lowest BCUT2D eigenvalue weighted by Gasteiger charge is -2.24. The van der Waals surface area contributed by atoms with Gasteiger partial charge in [0.25, 0.3) is 0 Å². The molecule has 9 heteroatoms. The van der Waals surface area contributed by atoms with Crippen LogP contribution in [0.25, 0.3) is 0 Å². The zero-order chi connectivity index (χ0) is 19.4. The Balaban J connectivity index is 1.65. The van der Waals surface area contributed by atoms with Gasteiger partial charge in [0.05, 0.1) is 24.5 Å². The summed E-state index contributed by atoms with van der Waals surface area (Å²) in [6.07, 6.45) is 0.255. The van der Waals surface area contributed by atoms with Crippen molar-refractivity contribution in [2.24, 2.45) is 0 Å². The van der Waals surface area contributed by atoms with Crippen molar-refractivity contribution in [1.82, 2.24) is 10.2 Å². The summed E-state index contributed by atoms with van der Waals surface area (Å²) in [4.78, 5) is 17.5. The number of nitrogens with zero attached hydrogens (tertiary/aromatic N) is 3. The predicted octanol–water partition coefficient (Wildman–Crippen LogP) is 2.53. The number of nitrogens with one attached hydrogen (secondary N) is 1. The Morgan fingerprint density at radius 2 is 2.22 bits per heavy atom. The van der Waals surface area contributed by atoms with E-state index in [0.29, 0.717) is 29.6 Å². The Kier molecular flexibility index (Phi) is 6.64. The van der Waals surface area contributed by atoms with Crippen LogP contribution in [0.2, 0.25) is 0 Å². The summed E-state index contributed by atoms with van der Waals surface area (Å²) >= 11 is 7.07. The van der Waals surface area contributed by atoms with Crippen LogP contribution in [-0.4, -0.2) is 74.0 Å². The van der Waals surface area contributed by atoms with Crippen LogP contribution < -0.4 is 15.1 Å². The lowest BCUT2D eigenvalue weighted by molar-refractivity contribution is 0.142. The minimum Gasteiger partial charge on any atom is -0.442 e. The van der Waals surface area contributed by atoms with Crippen LogP contribution in [0.15, 0.2) is 18.2 Å². The number of carbonyl (C=O) groups is 1. The highest BCUT2D eigenvalue weighted by Crippen LogP contribution is 2.29. The van der Waals surface area contributed by atoms with Crippen LogP contribution in [0.5, 0.6) is 0 Å². The van der Waals surface area contributed by atoms with Crippen LogP contribution in [0.1, 0.15) is 6.42 Å². The van der Waals surface area contributed by atoms with Gasteiger partial charge in [-0.2, -0.15) is 11.8 Å². The molecule has 2 fully saturated rings. The summed E-state index contributed by atoms with van der Waals surface area (Å²) in [6, 6.07) is 4.98. The Hall–Kier alpha value is -1.74. The number of amides is 1. The van der Waals surface area contributed by atoms with Gasteiger partial charge in [0.1, 0.15) is 11.9 Å². The first-order valence-corrected chi connectivity index (χ1v) is 10.6. The Bertz CT molecular complexity index is 696. The lowest BCUT2D eigenvalue weighted by Crippen LogP contribution is -2.40. The van der Waals surface area contributed by atoms with Gasteiger partial charge in [0.15, 0.2) is 5.11 Å². The topological polar surface area (TPSA) is 48.0 Å². The van der Waals surface area contributed by atoms with Gasteiger partial charge < -0.3 is 19.9 Å². The molecule has 2 saturated heterocycles. The highest BCUT2D eigenvalue weighted by atomic mass is 32.2. The van der Waals surface area contributed by atoms with Gasteiger partial charge in [0.2, 0.25) is 0 Å². The van der Waals surface area contributed by atoms with Crippen LogP contribution in [0.3, 0.4) is 0 Å². The van der Waals surface area contributed by atoms with E-state index in [4.69, 9.17) is 17.0 Å². The fourth-order valence-corrected chi connectivity index (χ4v) is 4.08. The van der Waals surface area contributed by atoms with Crippen LogP contribution in [-0.2, 0) is 4.74 Å². The first kappa shape index (κ1) is 20.0. The molecule has 6 nitrogen and oxygen atoms in total. The van der Waals surface area contributed by atoms with Crippen molar-refractivity contribution >= 4 is 46.6 Å². The molecule has 148 valence electrons. The fourth-order valence-electron chi connectivity index (χ4n) is 3.11. The summed E-state index contributed by atoms with van der Waals surface area (Å²) < 4.78 is 20.1. The van der Waals surface area contributed by atoms with Crippen molar-refractivity contribution < 1.29 is 13.9 Å². The summed E-state index contributed by atoms with van der Waals surface area (Å²) in [7, 11) is 3.69. The van der Waals surface area contributed by atoms with E-state index in [0.717, 1.165) is 31.0 Å². The van der Waals surface area contributed by atoms with E-state index < -0.39 is 6.09 Å². The third-order valence-electron chi connectivity index (χ3n) is 4.57. The number of cyclic esters (lactones) is 1. The third kappa shape index (κ3) is 4.95. The normalized spacial score (nSPS) is 20.3. The molecule has 1 unspecified atom stereocenters. The zero-order valence-electron chi connectivity index (χ0n) is 15.6. The smallest absolute Gasteiger partial charge is 0.414 e. The molecule has 1 atom stereocenters. The minimum absolute atomic E-state index is 0.303. The highest BCUT2D eigenvalue weighted by Gasteiger charge is 2.33. The quantitative estimate of drug-likeness (QED) is 0.763. The largest absolute Gasteiger partial charge is 0.442 e. The molecule has 0 aliphatic carbocycles. The average Bonchev–Trinajstić information content (AvgIpc) is 2.83. The van der Waals surface area contributed by atoms with Crippen molar-refractivity contribution in [3.63, 3.8) is 0 Å². The number of thiocarbonyl (C=S) groups is 1. The second-order valence-corrected chi connectivity index (χ2v) is 8.40. The molecule has 1 aromatic rings. The Labute approximate surface area is 169 Å². The molecule has 1 amide bonds. The molecule has 2 aliphatic rings. The number of halogens is 1. The van der Waals surface area contributed by atoms with Gasteiger partial charge in [-0.1, -0.05) is 0 Å². The molecule has 2 aliphatic heterocycles. The van der Waals surface area contributed by atoms with Crippen molar-refractivity contribution in [3.05, 3.63) is 24.0 Å². The summed E-state index contributed by atoms with van der Waals surface area (Å²) in [5.41, 5.74) is 1.12. The molecule has 0 bridgehead atoms.